The van der Waals surface area contributed by atoms with Gasteiger partial charge in [-0.3, -0.25) is 0 Å². The lowest BCUT2D eigenvalue weighted by Gasteiger charge is -2.39. The van der Waals surface area contributed by atoms with E-state index in [1.165, 1.54) is 5.56 Å². The Morgan fingerprint density at radius 3 is 2.84 bits per heavy atom. The number of alkyl halides is 1. The van der Waals surface area contributed by atoms with Gasteiger partial charge in [0.2, 0.25) is 0 Å². The van der Waals surface area contributed by atoms with Crippen molar-refractivity contribution in [1.29, 1.82) is 0 Å². The maximum atomic E-state index is 6.10. The van der Waals surface area contributed by atoms with Crippen molar-refractivity contribution in [2.45, 2.75) is 49.9 Å². The highest BCUT2D eigenvalue weighted by atomic mass is 35.5. The largest absolute Gasteiger partial charge is 0.484 e. The third-order valence-electron chi connectivity index (χ3n) is 3.79. The lowest BCUT2D eigenvalue weighted by Crippen LogP contribution is -2.52. The molecule has 3 nitrogen and oxygen atoms in total. The quantitative estimate of drug-likeness (QED) is 0.797. The van der Waals surface area contributed by atoms with Gasteiger partial charge in [-0.05, 0) is 19.9 Å². The minimum atomic E-state index is -0.156. The molecule has 2 aliphatic rings. The first kappa shape index (κ1) is 13.1. The van der Waals surface area contributed by atoms with Crippen LogP contribution in [0.3, 0.4) is 0 Å². The summed E-state index contributed by atoms with van der Waals surface area (Å²) in [4.78, 5) is 0. The zero-order chi connectivity index (χ0) is 13.6. The summed E-state index contributed by atoms with van der Waals surface area (Å²) in [6.45, 7) is 4.18. The van der Waals surface area contributed by atoms with Crippen LogP contribution in [0.15, 0.2) is 18.2 Å². The molecule has 19 heavy (non-hydrogen) atoms. The first-order valence-electron chi connectivity index (χ1n) is 6.64. The van der Waals surface area contributed by atoms with Gasteiger partial charge in [0.25, 0.3) is 0 Å². The van der Waals surface area contributed by atoms with E-state index in [-0.39, 0.29) is 23.2 Å². The van der Waals surface area contributed by atoms with Crippen LogP contribution < -0.4 is 9.47 Å². The molecule has 3 unspecified atom stereocenters. The highest BCUT2D eigenvalue weighted by molar-refractivity contribution is 6.21. The van der Waals surface area contributed by atoms with E-state index in [1.54, 1.807) is 7.11 Å². The van der Waals surface area contributed by atoms with E-state index >= 15 is 0 Å². The Kier molecular flexibility index (Phi) is 3.14. The lowest BCUT2D eigenvalue weighted by molar-refractivity contribution is -0.0596. The predicted molar refractivity (Wildman–Crippen MR) is 74.3 cm³/mol. The van der Waals surface area contributed by atoms with Gasteiger partial charge in [0.1, 0.15) is 17.8 Å². The van der Waals surface area contributed by atoms with E-state index in [0.717, 1.165) is 24.3 Å². The third-order valence-corrected chi connectivity index (χ3v) is 4.21. The van der Waals surface area contributed by atoms with Crippen LogP contribution >= 0.6 is 11.6 Å². The standard InChI is InChI=1S/C15H19ClO3/c1-15(2)8-9-5-4-6-11(13(9)19-15)18-12-7-10(16)14(12)17-3/h4-6,10,12,14H,7-8H2,1-3H3. The molecule has 3 rings (SSSR count). The molecule has 104 valence electrons. The van der Waals surface area contributed by atoms with Crippen LogP contribution in [0, 0.1) is 0 Å². The van der Waals surface area contributed by atoms with Gasteiger partial charge in [-0.15, -0.1) is 11.6 Å². The Balaban J connectivity index is 1.79. The monoisotopic (exact) mass is 282 g/mol. The lowest BCUT2D eigenvalue weighted by atomic mass is 9.91. The number of fused-ring (bicyclic) bond motifs is 1. The first-order valence-corrected chi connectivity index (χ1v) is 7.08. The van der Waals surface area contributed by atoms with Gasteiger partial charge in [-0.25, -0.2) is 0 Å². The fourth-order valence-electron chi connectivity index (χ4n) is 2.79. The van der Waals surface area contributed by atoms with Crippen LogP contribution in [0.25, 0.3) is 0 Å². The van der Waals surface area contributed by atoms with Crippen molar-refractivity contribution >= 4 is 11.6 Å². The third kappa shape index (κ3) is 2.30. The van der Waals surface area contributed by atoms with Crippen LogP contribution in [0.5, 0.6) is 11.5 Å². The van der Waals surface area contributed by atoms with Crippen molar-refractivity contribution in [2.75, 3.05) is 7.11 Å². The van der Waals surface area contributed by atoms with Crippen molar-refractivity contribution in [2.24, 2.45) is 0 Å². The second kappa shape index (κ2) is 4.57. The second-order valence-electron chi connectivity index (χ2n) is 5.89. The molecule has 0 radical (unpaired) electrons. The van der Waals surface area contributed by atoms with Crippen LogP contribution in [-0.2, 0) is 11.2 Å². The minimum Gasteiger partial charge on any atom is -0.484 e. The minimum absolute atomic E-state index is 0.0197. The van der Waals surface area contributed by atoms with Crippen LogP contribution in [-0.4, -0.2) is 30.3 Å². The Labute approximate surface area is 118 Å². The fourth-order valence-corrected chi connectivity index (χ4v) is 3.23. The molecular weight excluding hydrogens is 264 g/mol. The first-order chi connectivity index (χ1) is 9.00. The molecule has 0 aromatic heterocycles. The van der Waals surface area contributed by atoms with Gasteiger partial charge in [-0.1, -0.05) is 12.1 Å². The van der Waals surface area contributed by atoms with Gasteiger partial charge in [0.15, 0.2) is 11.5 Å². The van der Waals surface area contributed by atoms with E-state index < -0.39 is 0 Å². The van der Waals surface area contributed by atoms with Gasteiger partial charge >= 0.3 is 0 Å². The molecule has 0 amide bonds. The normalized spacial score (nSPS) is 31.3. The summed E-state index contributed by atoms with van der Waals surface area (Å²) in [6.07, 6.45) is 1.71. The van der Waals surface area contributed by atoms with Crippen molar-refractivity contribution < 1.29 is 14.2 Å². The molecule has 3 atom stereocenters. The van der Waals surface area contributed by atoms with Gasteiger partial charge in [0.05, 0.1) is 5.38 Å². The smallest absolute Gasteiger partial charge is 0.165 e. The molecule has 1 heterocycles. The number of hydrogen-bond acceptors (Lipinski definition) is 3. The maximum absolute atomic E-state index is 6.10. The molecule has 1 aromatic rings. The summed E-state index contributed by atoms with van der Waals surface area (Å²) in [7, 11) is 1.67. The van der Waals surface area contributed by atoms with E-state index in [1.807, 2.05) is 12.1 Å². The average molecular weight is 283 g/mol. The summed E-state index contributed by atoms with van der Waals surface area (Å²) in [5.41, 5.74) is 1.05. The molecule has 0 saturated heterocycles. The molecule has 4 heteroatoms. The number of benzene rings is 1. The highest BCUT2D eigenvalue weighted by Gasteiger charge is 2.43. The van der Waals surface area contributed by atoms with Crippen molar-refractivity contribution in [3.8, 4) is 11.5 Å². The Bertz CT molecular complexity index is 486. The number of halogens is 1. The fraction of sp³-hybridized carbons (Fsp3) is 0.600. The Morgan fingerprint density at radius 2 is 2.16 bits per heavy atom. The van der Waals surface area contributed by atoms with Gasteiger partial charge in [0, 0.05) is 25.5 Å². The van der Waals surface area contributed by atoms with Crippen molar-refractivity contribution in [3.05, 3.63) is 23.8 Å². The molecule has 1 saturated carbocycles. The van der Waals surface area contributed by atoms with Crippen LogP contribution in [0.1, 0.15) is 25.8 Å². The second-order valence-corrected chi connectivity index (χ2v) is 6.45. The molecule has 1 aliphatic heterocycles. The van der Waals surface area contributed by atoms with Gasteiger partial charge in [-0.2, -0.15) is 0 Å². The molecular formula is C15H19ClO3. The molecule has 1 fully saturated rings. The number of methoxy groups -OCH3 is 1. The van der Waals surface area contributed by atoms with Crippen molar-refractivity contribution in [3.63, 3.8) is 0 Å². The molecule has 0 spiro atoms. The summed E-state index contributed by atoms with van der Waals surface area (Å²) >= 11 is 6.10. The molecule has 1 aromatic carbocycles. The summed E-state index contributed by atoms with van der Waals surface area (Å²) < 4.78 is 17.4. The highest BCUT2D eigenvalue weighted by Crippen LogP contribution is 2.43. The van der Waals surface area contributed by atoms with Crippen LogP contribution in [0.2, 0.25) is 0 Å². The number of hydrogen-bond donors (Lipinski definition) is 0. The van der Waals surface area contributed by atoms with E-state index in [0.29, 0.717) is 0 Å². The topological polar surface area (TPSA) is 27.7 Å². The Morgan fingerprint density at radius 1 is 1.37 bits per heavy atom. The summed E-state index contributed by atoms with van der Waals surface area (Å²) in [5.74, 6) is 1.68. The summed E-state index contributed by atoms with van der Waals surface area (Å²) in [6, 6.07) is 6.06. The van der Waals surface area contributed by atoms with E-state index in [4.69, 9.17) is 25.8 Å². The van der Waals surface area contributed by atoms with E-state index in [2.05, 4.69) is 19.9 Å². The number of ether oxygens (including phenoxy) is 3. The number of para-hydroxylation sites is 1. The zero-order valence-electron chi connectivity index (χ0n) is 11.5. The van der Waals surface area contributed by atoms with Gasteiger partial charge < -0.3 is 14.2 Å². The molecule has 1 aliphatic carbocycles. The Hall–Kier alpha value is -0.930. The zero-order valence-corrected chi connectivity index (χ0v) is 12.2. The molecule has 0 bridgehead atoms. The van der Waals surface area contributed by atoms with E-state index in [9.17, 15) is 0 Å². The molecule has 0 N–H and O–H groups in total. The SMILES string of the molecule is COC1C(Cl)CC1Oc1cccc2c1OC(C)(C)C2. The predicted octanol–water partition coefficient (Wildman–Crippen LogP) is 3.17. The van der Waals surface area contributed by atoms with Crippen molar-refractivity contribution in [1.82, 2.24) is 0 Å². The average Bonchev–Trinajstić information content (AvgIpc) is 2.63. The summed E-state index contributed by atoms with van der Waals surface area (Å²) in [5, 5.41) is 0.0455. The number of rotatable bonds is 3. The maximum Gasteiger partial charge on any atom is 0.165 e. The van der Waals surface area contributed by atoms with Crippen LogP contribution in [0.4, 0.5) is 0 Å².